The highest BCUT2D eigenvalue weighted by atomic mass is 16.6. The number of carbonyl (C=O) groups excluding carboxylic acids is 1. The monoisotopic (exact) mass is 345 g/mol. The molecule has 1 aliphatic heterocycles. The number of likely N-dealkylation sites (N-methyl/N-ethyl adjacent to an activating group) is 1. The van der Waals surface area contributed by atoms with Crippen molar-refractivity contribution < 1.29 is 14.3 Å². The Morgan fingerprint density at radius 2 is 2.20 bits per heavy atom. The standard InChI is InChI=1S/C17H23N5O3/c1-4-22(17(23)19-12(2)16-20-18-11-21(16)3)9-13-10-24-14-7-5-6-8-15(14)25-13/h5-8,11-13H,4,9-10H2,1-3H3,(H,19,23)/t12-,13+/m1/s1. The summed E-state index contributed by atoms with van der Waals surface area (Å²) in [7, 11) is 1.85. The van der Waals surface area contributed by atoms with Gasteiger partial charge in [-0.15, -0.1) is 10.2 Å². The largest absolute Gasteiger partial charge is 0.486 e. The van der Waals surface area contributed by atoms with Gasteiger partial charge in [0.2, 0.25) is 0 Å². The number of nitrogens with one attached hydrogen (secondary N) is 1. The molecule has 134 valence electrons. The number of hydrogen-bond donors (Lipinski definition) is 1. The molecule has 1 aromatic heterocycles. The highest BCUT2D eigenvalue weighted by molar-refractivity contribution is 5.74. The fourth-order valence-electron chi connectivity index (χ4n) is 2.78. The number of rotatable bonds is 5. The van der Waals surface area contributed by atoms with E-state index in [1.165, 1.54) is 0 Å². The molecule has 2 atom stereocenters. The lowest BCUT2D eigenvalue weighted by Crippen LogP contribution is -2.48. The van der Waals surface area contributed by atoms with Gasteiger partial charge in [-0.2, -0.15) is 0 Å². The van der Waals surface area contributed by atoms with Crippen LogP contribution in [-0.2, 0) is 7.05 Å². The molecule has 1 N–H and O–H groups in total. The highest BCUT2D eigenvalue weighted by Gasteiger charge is 2.26. The quantitative estimate of drug-likeness (QED) is 0.893. The van der Waals surface area contributed by atoms with Gasteiger partial charge in [-0.3, -0.25) is 0 Å². The molecule has 3 rings (SSSR count). The van der Waals surface area contributed by atoms with Gasteiger partial charge < -0.3 is 24.3 Å². The molecule has 0 fully saturated rings. The minimum absolute atomic E-state index is 0.166. The molecule has 0 spiro atoms. The Labute approximate surface area is 146 Å². The van der Waals surface area contributed by atoms with Crippen molar-refractivity contribution in [2.24, 2.45) is 7.05 Å². The molecule has 1 aromatic carbocycles. The first-order chi connectivity index (χ1) is 12.1. The Morgan fingerprint density at radius 1 is 1.44 bits per heavy atom. The maximum atomic E-state index is 12.6. The molecule has 0 bridgehead atoms. The van der Waals surface area contributed by atoms with Crippen molar-refractivity contribution in [3.63, 3.8) is 0 Å². The number of aromatic nitrogens is 3. The lowest BCUT2D eigenvalue weighted by molar-refractivity contribution is 0.0671. The molecule has 0 unspecified atom stereocenters. The van der Waals surface area contributed by atoms with Crippen LogP contribution < -0.4 is 14.8 Å². The van der Waals surface area contributed by atoms with Gasteiger partial charge in [0, 0.05) is 13.6 Å². The van der Waals surface area contributed by atoms with Crippen LogP contribution >= 0.6 is 0 Å². The minimum Gasteiger partial charge on any atom is -0.486 e. The predicted molar refractivity (Wildman–Crippen MR) is 91.5 cm³/mol. The molecular weight excluding hydrogens is 322 g/mol. The summed E-state index contributed by atoms with van der Waals surface area (Å²) in [6.07, 6.45) is 1.41. The number of ether oxygens (including phenoxy) is 2. The summed E-state index contributed by atoms with van der Waals surface area (Å²) >= 11 is 0. The number of hydrogen-bond acceptors (Lipinski definition) is 5. The van der Waals surface area contributed by atoms with Crippen molar-refractivity contribution in [2.45, 2.75) is 26.0 Å². The van der Waals surface area contributed by atoms with Crippen LogP contribution in [-0.4, -0.2) is 51.5 Å². The third-order valence-electron chi connectivity index (χ3n) is 4.13. The molecule has 8 nitrogen and oxygen atoms in total. The summed E-state index contributed by atoms with van der Waals surface area (Å²) in [5, 5.41) is 10.8. The Hall–Kier alpha value is -2.77. The second-order valence-corrected chi connectivity index (χ2v) is 6.01. The van der Waals surface area contributed by atoms with E-state index < -0.39 is 0 Å². The van der Waals surface area contributed by atoms with E-state index in [9.17, 15) is 4.79 Å². The zero-order valence-electron chi connectivity index (χ0n) is 14.7. The smallest absolute Gasteiger partial charge is 0.318 e. The van der Waals surface area contributed by atoms with E-state index in [4.69, 9.17) is 9.47 Å². The number of carbonyl (C=O) groups is 1. The number of nitrogens with zero attached hydrogens (tertiary/aromatic N) is 4. The molecule has 8 heteroatoms. The fourth-order valence-corrected chi connectivity index (χ4v) is 2.78. The van der Waals surface area contributed by atoms with E-state index in [2.05, 4.69) is 15.5 Å². The van der Waals surface area contributed by atoms with Crippen molar-refractivity contribution in [3.05, 3.63) is 36.4 Å². The van der Waals surface area contributed by atoms with Gasteiger partial charge in [0.1, 0.15) is 12.9 Å². The Kier molecular flexibility index (Phi) is 5.06. The van der Waals surface area contributed by atoms with Crippen molar-refractivity contribution in [3.8, 4) is 11.5 Å². The summed E-state index contributed by atoms with van der Waals surface area (Å²) in [5.74, 6) is 2.15. The third-order valence-corrected chi connectivity index (χ3v) is 4.13. The zero-order chi connectivity index (χ0) is 17.8. The van der Waals surface area contributed by atoms with Gasteiger partial charge in [-0.05, 0) is 26.0 Å². The molecule has 0 aliphatic carbocycles. The lowest BCUT2D eigenvalue weighted by atomic mass is 10.2. The molecular formula is C17H23N5O3. The highest BCUT2D eigenvalue weighted by Crippen LogP contribution is 2.31. The maximum absolute atomic E-state index is 12.6. The summed E-state index contributed by atoms with van der Waals surface area (Å²) in [6.45, 7) is 5.25. The van der Waals surface area contributed by atoms with Crippen LogP contribution in [0.15, 0.2) is 30.6 Å². The summed E-state index contributed by atoms with van der Waals surface area (Å²) in [4.78, 5) is 14.3. The van der Waals surface area contributed by atoms with Crippen LogP contribution in [0.1, 0.15) is 25.7 Å². The van der Waals surface area contributed by atoms with Crippen molar-refractivity contribution in [2.75, 3.05) is 19.7 Å². The van der Waals surface area contributed by atoms with E-state index in [1.54, 1.807) is 15.8 Å². The first-order valence-corrected chi connectivity index (χ1v) is 8.36. The van der Waals surface area contributed by atoms with Crippen LogP contribution in [0.5, 0.6) is 11.5 Å². The molecule has 0 radical (unpaired) electrons. The molecule has 0 saturated carbocycles. The Morgan fingerprint density at radius 3 is 2.88 bits per heavy atom. The molecule has 25 heavy (non-hydrogen) atoms. The molecule has 1 aliphatic rings. The van der Waals surface area contributed by atoms with E-state index in [-0.39, 0.29) is 18.2 Å². The summed E-state index contributed by atoms with van der Waals surface area (Å²) in [5.41, 5.74) is 0. The van der Waals surface area contributed by atoms with E-state index >= 15 is 0 Å². The number of urea groups is 1. The van der Waals surface area contributed by atoms with E-state index in [1.807, 2.05) is 45.2 Å². The van der Waals surface area contributed by atoms with E-state index in [0.717, 1.165) is 5.75 Å². The van der Waals surface area contributed by atoms with Crippen LogP contribution in [0, 0.1) is 0 Å². The van der Waals surface area contributed by atoms with Crippen LogP contribution in [0.3, 0.4) is 0 Å². The van der Waals surface area contributed by atoms with Crippen LogP contribution in [0.25, 0.3) is 0 Å². The van der Waals surface area contributed by atoms with Crippen molar-refractivity contribution in [1.82, 2.24) is 25.0 Å². The average molecular weight is 345 g/mol. The van der Waals surface area contributed by atoms with Crippen molar-refractivity contribution >= 4 is 6.03 Å². The SMILES string of the molecule is CCN(C[C@H]1COc2ccccc2O1)C(=O)N[C@H](C)c1nncn1C. The van der Waals surface area contributed by atoms with Crippen LogP contribution in [0.2, 0.25) is 0 Å². The average Bonchev–Trinajstić information content (AvgIpc) is 3.05. The van der Waals surface area contributed by atoms with Gasteiger partial charge in [0.15, 0.2) is 23.4 Å². The first kappa shape index (κ1) is 17.1. The normalized spacial score (nSPS) is 17.0. The van der Waals surface area contributed by atoms with Gasteiger partial charge >= 0.3 is 6.03 Å². The van der Waals surface area contributed by atoms with Crippen molar-refractivity contribution in [1.29, 1.82) is 0 Å². The lowest BCUT2D eigenvalue weighted by Gasteiger charge is -2.31. The van der Waals surface area contributed by atoms with Gasteiger partial charge in [-0.1, -0.05) is 12.1 Å². The fraction of sp³-hybridized carbons (Fsp3) is 0.471. The summed E-state index contributed by atoms with van der Waals surface area (Å²) < 4.78 is 13.4. The number of fused-ring (bicyclic) bond motifs is 1. The molecule has 2 aromatic rings. The Bertz CT molecular complexity index is 733. The van der Waals surface area contributed by atoms with E-state index in [0.29, 0.717) is 31.3 Å². The predicted octanol–water partition coefficient (Wildman–Crippen LogP) is 1.75. The third kappa shape index (κ3) is 3.84. The number of aryl methyl sites for hydroxylation is 1. The molecule has 2 heterocycles. The Balaban J connectivity index is 1.59. The second kappa shape index (κ2) is 7.42. The first-order valence-electron chi connectivity index (χ1n) is 8.36. The number of benzene rings is 1. The van der Waals surface area contributed by atoms with Crippen LogP contribution in [0.4, 0.5) is 4.79 Å². The molecule has 0 saturated heterocycles. The second-order valence-electron chi connectivity index (χ2n) is 6.01. The molecule has 2 amide bonds. The van der Waals surface area contributed by atoms with Gasteiger partial charge in [-0.25, -0.2) is 4.79 Å². The number of amides is 2. The topological polar surface area (TPSA) is 81.5 Å². The zero-order valence-corrected chi connectivity index (χ0v) is 14.7. The maximum Gasteiger partial charge on any atom is 0.318 e. The van der Waals surface area contributed by atoms with Gasteiger partial charge in [0.05, 0.1) is 12.6 Å². The minimum atomic E-state index is -0.238. The van der Waals surface area contributed by atoms with Gasteiger partial charge in [0.25, 0.3) is 0 Å². The number of para-hydroxylation sites is 2. The summed E-state index contributed by atoms with van der Waals surface area (Å²) in [6, 6.07) is 7.14.